The Morgan fingerprint density at radius 1 is 1.06 bits per heavy atom. The number of hydrogen-bond donors (Lipinski definition) is 2. The Labute approximate surface area is 277 Å². The van der Waals surface area contributed by atoms with E-state index in [1.807, 2.05) is 61.5 Å². The molecule has 2 saturated carbocycles. The Balaban J connectivity index is 1.29. The topological polar surface area (TPSA) is 119 Å². The number of hydrogen-bond acceptors (Lipinski definition) is 7. The molecule has 1 heterocycles. The number of carboxylic acid groups (broad SMARTS) is 1. The molecule has 8 nitrogen and oxygen atoms in total. The summed E-state index contributed by atoms with van der Waals surface area (Å²) in [5, 5.41) is 20.7. The average Bonchev–Trinajstić information content (AvgIpc) is 3.61. The minimum Gasteiger partial charge on any atom is -0.489 e. The van der Waals surface area contributed by atoms with Gasteiger partial charge in [-0.25, -0.2) is 0 Å². The van der Waals surface area contributed by atoms with E-state index in [1.54, 1.807) is 13.0 Å². The summed E-state index contributed by atoms with van der Waals surface area (Å²) in [5.41, 5.74) is 2.99. The van der Waals surface area contributed by atoms with Crippen molar-refractivity contribution >= 4 is 17.9 Å². The van der Waals surface area contributed by atoms with Crippen LogP contribution in [-0.2, 0) is 36.9 Å². The third-order valence-electron chi connectivity index (χ3n) is 9.90. The zero-order valence-corrected chi connectivity index (χ0v) is 27.3. The molecule has 2 aromatic rings. The van der Waals surface area contributed by atoms with E-state index in [2.05, 4.69) is 11.8 Å². The second-order valence-corrected chi connectivity index (χ2v) is 13.1. The van der Waals surface area contributed by atoms with Crippen molar-refractivity contribution in [3.63, 3.8) is 0 Å². The molecule has 8 atom stereocenters. The number of aliphatic hydroxyl groups excluding tert-OH is 1. The van der Waals surface area contributed by atoms with E-state index in [-0.39, 0.29) is 36.4 Å². The summed E-state index contributed by atoms with van der Waals surface area (Å²) < 4.78 is 18.1. The molecular formula is C39H46O8. The number of rotatable bonds is 13. The molecule has 0 bridgehead atoms. The Morgan fingerprint density at radius 3 is 2.57 bits per heavy atom. The smallest absolute Gasteiger partial charge is 0.310 e. The predicted molar refractivity (Wildman–Crippen MR) is 176 cm³/mol. The molecule has 5 rings (SSSR count). The van der Waals surface area contributed by atoms with E-state index < -0.39 is 36.0 Å². The molecular weight excluding hydrogens is 596 g/mol. The zero-order valence-electron chi connectivity index (χ0n) is 27.3. The third-order valence-corrected chi connectivity index (χ3v) is 9.90. The second kappa shape index (κ2) is 16.1. The molecule has 2 aromatic carbocycles. The van der Waals surface area contributed by atoms with E-state index in [1.165, 1.54) is 0 Å². The van der Waals surface area contributed by atoms with Gasteiger partial charge in [0, 0.05) is 36.7 Å². The van der Waals surface area contributed by atoms with Crippen molar-refractivity contribution in [1.82, 2.24) is 0 Å². The highest BCUT2D eigenvalue weighted by molar-refractivity contribution is 5.81. The van der Waals surface area contributed by atoms with Crippen LogP contribution in [0.4, 0.5) is 0 Å². The Hall–Kier alpha value is -4.09. The van der Waals surface area contributed by atoms with Gasteiger partial charge in [-0.3, -0.25) is 14.4 Å². The molecule has 0 amide bonds. The molecule has 2 N–H and O–H groups in total. The number of benzene rings is 2. The number of aliphatic carboxylic acids is 1. The van der Waals surface area contributed by atoms with Crippen molar-refractivity contribution in [3.8, 4) is 17.6 Å². The quantitative estimate of drug-likeness (QED) is 0.147. The summed E-state index contributed by atoms with van der Waals surface area (Å²) in [4.78, 5) is 37.8. The number of ether oxygens (including phenoxy) is 3. The molecule has 1 aliphatic heterocycles. The minimum atomic E-state index is -0.951. The van der Waals surface area contributed by atoms with Gasteiger partial charge in [-0.1, -0.05) is 80.4 Å². The first kappa shape index (κ1) is 34.3. The van der Waals surface area contributed by atoms with Crippen LogP contribution in [0, 0.1) is 35.5 Å². The first-order valence-electron chi connectivity index (χ1n) is 16.9. The van der Waals surface area contributed by atoms with Crippen LogP contribution in [0.3, 0.4) is 0 Å². The fraction of sp³-hybridized carbons (Fsp3) is 0.513. The van der Waals surface area contributed by atoms with Crippen molar-refractivity contribution < 1.29 is 38.8 Å². The number of carbonyl (C=O) groups is 3. The van der Waals surface area contributed by atoms with E-state index in [4.69, 9.17) is 14.2 Å². The first-order chi connectivity index (χ1) is 22.8. The molecule has 250 valence electrons. The number of esters is 2. The number of carbonyl (C=O) groups excluding carboxylic acids is 2. The van der Waals surface area contributed by atoms with Gasteiger partial charge in [0.05, 0.1) is 17.9 Å². The molecule has 8 heteroatoms. The fourth-order valence-corrected chi connectivity index (χ4v) is 7.26. The monoisotopic (exact) mass is 642 g/mol. The van der Waals surface area contributed by atoms with Crippen LogP contribution in [-0.4, -0.2) is 46.4 Å². The van der Waals surface area contributed by atoms with Gasteiger partial charge in [0.25, 0.3) is 0 Å². The zero-order chi connectivity index (χ0) is 33.3. The van der Waals surface area contributed by atoms with E-state index in [0.717, 1.165) is 35.3 Å². The highest BCUT2D eigenvalue weighted by atomic mass is 16.6. The van der Waals surface area contributed by atoms with Gasteiger partial charge in [-0.05, 0) is 49.7 Å². The average molecular weight is 643 g/mol. The van der Waals surface area contributed by atoms with Crippen LogP contribution < -0.4 is 4.74 Å². The van der Waals surface area contributed by atoms with E-state index in [9.17, 15) is 24.6 Å². The Kier molecular flexibility index (Phi) is 11.8. The Bertz CT molecular complexity index is 1490. The summed E-state index contributed by atoms with van der Waals surface area (Å²) in [5.74, 6) is 3.23. The Morgan fingerprint density at radius 2 is 1.83 bits per heavy atom. The number of fused-ring (bicyclic) bond motifs is 3. The van der Waals surface area contributed by atoms with Gasteiger partial charge >= 0.3 is 17.9 Å². The first-order valence-corrected chi connectivity index (χ1v) is 16.9. The maximum absolute atomic E-state index is 13.4. The third kappa shape index (κ3) is 8.44. The standard InChI is InChI=1S/C39H46O8/c1-3-4-12-25(2)32(40)22-21-30-33(47-39(44)29-18-9-8-17-28(29)38(42)43)23-34-36(30)31-19-10-15-27(37(31)46-34)16-11-20-35(41)45-24-26-13-6-5-7-14-26/h5-7,10,13-15,19,21-22,25,28-30,32-34,36,40H,8-9,11-12,16-18,20,23-24H2,1-2H3,(H,42,43)/t25-,28-,29+,30-,32+,33+,34-,36-/m0/s1. The number of aryl methyl sites for hydroxylation is 1. The summed E-state index contributed by atoms with van der Waals surface area (Å²) in [6.45, 7) is 3.98. The van der Waals surface area contributed by atoms with Crippen LogP contribution in [0.1, 0.15) is 87.8 Å². The maximum Gasteiger partial charge on any atom is 0.310 e. The van der Waals surface area contributed by atoms with Gasteiger partial charge in [0.2, 0.25) is 0 Å². The maximum atomic E-state index is 13.4. The number of aliphatic hydroxyl groups is 1. The van der Waals surface area contributed by atoms with E-state index in [0.29, 0.717) is 44.9 Å². The molecule has 2 aliphatic carbocycles. The summed E-state index contributed by atoms with van der Waals surface area (Å²) >= 11 is 0. The van der Waals surface area contributed by atoms with Crippen molar-refractivity contribution in [3.05, 3.63) is 77.4 Å². The molecule has 0 spiro atoms. The number of para-hydroxylation sites is 1. The predicted octanol–water partition coefficient (Wildman–Crippen LogP) is 6.39. The van der Waals surface area contributed by atoms with Crippen LogP contribution in [0.15, 0.2) is 60.7 Å². The normalized spacial score (nSPS) is 25.9. The van der Waals surface area contributed by atoms with Crippen molar-refractivity contribution in [2.45, 2.75) is 102 Å². The largest absolute Gasteiger partial charge is 0.489 e. The van der Waals surface area contributed by atoms with Crippen LogP contribution in [0.25, 0.3) is 0 Å². The molecule has 3 aliphatic rings. The van der Waals surface area contributed by atoms with Crippen LogP contribution in [0.2, 0.25) is 0 Å². The lowest BCUT2D eigenvalue weighted by atomic mass is 9.79. The lowest BCUT2D eigenvalue weighted by molar-refractivity contribution is -0.164. The van der Waals surface area contributed by atoms with Crippen molar-refractivity contribution in [2.24, 2.45) is 23.7 Å². The molecule has 2 fully saturated rings. The highest BCUT2D eigenvalue weighted by Gasteiger charge is 2.52. The molecule has 47 heavy (non-hydrogen) atoms. The molecule has 0 radical (unpaired) electrons. The van der Waals surface area contributed by atoms with Crippen molar-refractivity contribution in [2.75, 3.05) is 0 Å². The van der Waals surface area contributed by atoms with Crippen molar-refractivity contribution in [1.29, 1.82) is 0 Å². The summed E-state index contributed by atoms with van der Waals surface area (Å²) in [6.07, 6.45) is 7.40. The second-order valence-electron chi connectivity index (χ2n) is 13.1. The fourth-order valence-electron chi connectivity index (χ4n) is 7.26. The van der Waals surface area contributed by atoms with Gasteiger partial charge < -0.3 is 24.4 Å². The SMILES string of the molecule is CC#CC[C@H](C)[C@H](O)C=C[C@@H]1[C@H]2c3cccc(CCCC(=O)OCc4ccccc4)c3O[C@H]2C[C@H]1OC(=O)[C@@H]1CCCC[C@@H]1C(=O)O. The highest BCUT2D eigenvalue weighted by Crippen LogP contribution is 2.53. The summed E-state index contributed by atoms with van der Waals surface area (Å²) in [6, 6.07) is 15.7. The lowest BCUT2D eigenvalue weighted by Crippen LogP contribution is -2.36. The van der Waals surface area contributed by atoms with Gasteiger partial charge in [-0.15, -0.1) is 11.8 Å². The van der Waals surface area contributed by atoms with Crippen LogP contribution in [0.5, 0.6) is 5.75 Å². The lowest BCUT2D eigenvalue weighted by Gasteiger charge is -2.29. The van der Waals surface area contributed by atoms with Gasteiger partial charge in [0.1, 0.15) is 24.6 Å². The van der Waals surface area contributed by atoms with Crippen LogP contribution >= 0.6 is 0 Å². The molecule has 0 unspecified atom stereocenters. The number of carboxylic acids is 1. The summed E-state index contributed by atoms with van der Waals surface area (Å²) in [7, 11) is 0. The minimum absolute atomic E-state index is 0.0754. The molecule has 0 aromatic heterocycles. The van der Waals surface area contributed by atoms with Gasteiger partial charge in [0.15, 0.2) is 0 Å². The van der Waals surface area contributed by atoms with Gasteiger partial charge in [-0.2, -0.15) is 0 Å². The molecule has 0 saturated heterocycles. The van der Waals surface area contributed by atoms with E-state index >= 15 is 0 Å².